The third kappa shape index (κ3) is 1.81. The lowest BCUT2D eigenvalue weighted by molar-refractivity contribution is 0.540. The average Bonchev–Trinajstić information content (AvgIpc) is 2.52. The van der Waals surface area contributed by atoms with Crippen LogP contribution in [0.4, 0.5) is 0 Å². The van der Waals surface area contributed by atoms with Gasteiger partial charge in [-0.05, 0) is 12.1 Å². The molecule has 0 atom stereocenters. The lowest BCUT2D eigenvalue weighted by Crippen LogP contribution is -2.28. The molecular formula is C10H11ClN2O2S. The van der Waals surface area contributed by atoms with E-state index in [0.717, 1.165) is 0 Å². The Labute approximate surface area is 99.6 Å². The van der Waals surface area contributed by atoms with Gasteiger partial charge in [0.05, 0.1) is 0 Å². The molecule has 1 heterocycles. The molecule has 0 bridgehead atoms. The lowest BCUT2D eigenvalue weighted by atomic mass is 10.2. The molecule has 16 heavy (non-hydrogen) atoms. The molecule has 4 nitrogen and oxygen atoms in total. The standard InChI is InChI=1S/C10H11ClN2O2S/c1-13(7-6-11)10-8-4-2-3-5-9(8)16(14,15)12-10/h2-5H,6-7H2,1H3. The van der Waals surface area contributed by atoms with Crippen molar-refractivity contribution in [2.75, 3.05) is 19.5 Å². The number of halogens is 1. The van der Waals surface area contributed by atoms with Crippen LogP contribution in [-0.4, -0.2) is 38.6 Å². The molecule has 0 spiro atoms. The van der Waals surface area contributed by atoms with Gasteiger partial charge in [-0.2, -0.15) is 8.42 Å². The van der Waals surface area contributed by atoms with Crippen LogP contribution in [0.15, 0.2) is 33.6 Å². The fourth-order valence-corrected chi connectivity index (χ4v) is 3.10. The van der Waals surface area contributed by atoms with Crippen LogP contribution in [0.2, 0.25) is 0 Å². The molecule has 0 radical (unpaired) electrons. The summed E-state index contributed by atoms with van der Waals surface area (Å²) in [6.07, 6.45) is 0. The Morgan fingerprint density at radius 2 is 2.06 bits per heavy atom. The smallest absolute Gasteiger partial charge is 0.285 e. The van der Waals surface area contributed by atoms with Crippen LogP contribution in [0.5, 0.6) is 0 Å². The summed E-state index contributed by atoms with van der Waals surface area (Å²) in [6.45, 7) is 0.560. The highest BCUT2D eigenvalue weighted by Gasteiger charge is 2.29. The van der Waals surface area contributed by atoms with E-state index in [1.165, 1.54) is 0 Å². The van der Waals surface area contributed by atoms with Gasteiger partial charge < -0.3 is 4.90 Å². The topological polar surface area (TPSA) is 49.7 Å². The number of hydrogen-bond donors (Lipinski definition) is 0. The maximum Gasteiger partial charge on any atom is 0.285 e. The Morgan fingerprint density at radius 1 is 1.38 bits per heavy atom. The number of benzene rings is 1. The molecule has 2 rings (SSSR count). The maximum absolute atomic E-state index is 11.7. The van der Waals surface area contributed by atoms with Crippen LogP contribution in [0.25, 0.3) is 0 Å². The first kappa shape index (κ1) is 11.4. The van der Waals surface area contributed by atoms with Gasteiger partial charge in [-0.3, -0.25) is 0 Å². The first-order chi connectivity index (χ1) is 7.56. The van der Waals surface area contributed by atoms with Crippen LogP contribution < -0.4 is 0 Å². The second kappa shape index (κ2) is 4.07. The molecule has 0 aromatic heterocycles. The van der Waals surface area contributed by atoms with Crippen molar-refractivity contribution in [3.8, 4) is 0 Å². The summed E-state index contributed by atoms with van der Waals surface area (Å²) in [5.74, 6) is 0.897. The number of rotatable bonds is 2. The predicted octanol–water partition coefficient (Wildman–Crippen LogP) is 1.31. The second-order valence-electron chi connectivity index (χ2n) is 3.50. The Hall–Kier alpha value is -1.07. The fraction of sp³-hybridized carbons (Fsp3) is 0.300. The molecule has 0 N–H and O–H groups in total. The average molecular weight is 259 g/mol. The van der Waals surface area contributed by atoms with Gasteiger partial charge in [0, 0.05) is 25.0 Å². The van der Waals surface area contributed by atoms with Crippen LogP contribution >= 0.6 is 11.6 Å². The molecular weight excluding hydrogens is 248 g/mol. The van der Waals surface area contributed by atoms with Crippen LogP contribution in [0, 0.1) is 0 Å². The molecule has 0 aliphatic carbocycles. The number of fused-ring (bicyclic) bond motifs is 1. The van der Waals surface area contributed by atoms with E-state index in [0.29, 0.717) is 23.8 Å². The molecule has 0 saturated heterocycles. The Morgan fingerprint density at radius 3 is 2.75 bits per heavy atom. The van der Waals surface area contributed by atoms with E-state index in [-0.39, 0.29) is 4.90 Å². The quantitative estimate of drug-likeness (QED) is 0.752. The highest BCUT2D eigenvalue weighted by atomic mass is 35.5. The first-order valence-electron chi connectivity index (χ1n) is 4.78. The summed E-state index contributed by atoms with van der Waals surface area (Å²) >= 11 is 5.63. The minimum Gasteiger partial charge on any atom is -0.357 e. The van der Waals surface area contributed by atoms with E-state index >= 15 is 0 Å². The number of nitrogens with zero attached hydrogens (tertiary/aromatic N) is 2. The van der Waals surface area contributed by atoms with Gasteiger partial charge in [0.25, 0.3) is 10.0 Å². The van der Waals surface area contributed by atoms with E-state index in [1.807, 2.05) is 0 Å². The highest BCUT2D eigenvalue weighted by Crippen LogP contribution is 2.26. The van der Waals surface area contributed by atoms with Gasteiger partial charge in [-0.1, -0.05) is 12.1 Å². The number of sulfonamides is 1. The normalized spacial score (nSPS) is 16.8. The fourth-order valence-electron chi connectivity index (χ4n) is 1.60. The lowest BCUT2D eigenvalue weighted by Gasteiger charge is -2.16. The van der Waals surface area contributed by atoms with Gasteiger partial charge >= 0.3 is 0 Å². The van der Waals surface area contributed by atoms with Gasteiger partial charge in [0.1, 0.15) is 4.90 Å². The molecule has 1 aliphatic heterocycles. The zero-order valence-corrected chi connectivity index (χ0v) is 10.3. The summed E-state index contributed by atoms with van der Waals surface area (Å²) in [5.41, 5.74) is 0.648. The predicted molar refractivity (Wildman–Crippen MR) is 63.5 cm³/mol. The molecule has 0 amide bonds. The van der Waals surface area contributed by atoms with Gasteiger partial charge in [-0.25, -0.2) is 0 Å². The van der Waals surface area contributed by atoms with Crippen molar-refractivity contribution < 1.29 is 8.42 Å². The van der Waals surface area contributed by atoms with E-state index in [1.54, 1.807) is 36.2 Å². The van der Waals surface area contributed by atoms with Crippen molar-refractivity contribution in [2.24, 2.45) is 4.40 Å². The Kier molecular flexibility index (Phi) is 2.90. The monoisotopic (exact) mass is 258 g/mol. The van der Waals surface area contributed by atoms with Crippen molar-refractivity contribution in [1.29, 1.82) is 0 Å². The minimum atomic E-state index is -3.51. The van der Waals surface area contributed by atoms with Crippen LogP contribution in [0.3, 0.4) is 0 Å². The zero-order chi connectivity index (χ0) is 11.8. The van der Waals surface area contributed by atoms with E-state index in [9.17, 15) is 8.42 Å². The summed E-state index contributed by atoms with van der Waals surface area (Å²) in [4.78, 5) is 2.02. The molecule has 6 heteroatoms. The largest absolute Gasteiger partial charge is 0.357 e. The van der Waals surface area contributed by atoms with E-state index < -0.39 is 10.0 Å². The summed E-state index contributed by atoms with van der Waals surface area (Å²) in [7, 11) is -1.74. The summed E-state index contributed by atoms with van der Waals surface area (Å²) in [5, 5.41) is 0. The molecule has 1 aromatic carbocycles. The van der Waals surface area contributed by atoms with Gasteiger partial charge in [-0.15, -0.1) is 16.0 Å². The van der Waals surface area contributed by atoms with Crippen molar-refractivity contribution in [1.82, 2.24) is 4.90 Å². The molecule has 0 fully saturated rings. The van der Waals surface area contributed by atoms with E-state index in [2.05, 4.69) is 4.40 Å². The van der Waals surface area contributed by atoms with Crippen molar-refractivity contribution in [3.63, 3.8) is 0 Å². The molecule has 0 unspecified atom stereocenters. The number of alkyl halides is 1. The van der Waals surface area contributed by atoms with Gasteiger partial charge in [0.2, 0.25) is 0 Å². The van der Waals surface area contributed by atoms with Crippen molar-refractivity contribution in [2.45, 2.75) is 4.90 Å². The van der Waals surface area contributed by atoms with Crippen molar-refractivity contribution >= 4 is 27.5 Å². The second-order valence-corrected chi connectivity index (χ2v) is 5.45. The van der Waals surface area contributed by atoms with Crippen LogP contribution in [0.1, 0.15) is 5.56 Å². The summed E-state index contributed by atoms with van der Waals surface area (Å²) in [6, 6.07) is 6.80. The maximum atomic E-state index is 11.7. The molecule has 86 valence electrons. The van der Waals surface area contributed by atoms with Crippen molar-refractivity contribution in [3.05, 3.63) is 29.8 Å². The van der Waals surface area contributed by atoms with Crippen LogP contribution in [-0.2, 0) is 10.0 Å². The molecule has 1 aromatic rings. The molecule has 1 aliphatic rings. The minimum absolute atomic E-state index is 0.270. The first-order valence-corrected chi connectivity index (χ1v) is 6.75. The highest BCUT2D eigenvalue weighted by molar-refractivity contribution is 7.90. The number of amidine groups is 1. The summed E-state index contributed by atoms with van der Waals surface area (Å²) < 4.78 is 27.2. The SMILES string of the molecule is CN(CCCl)C1=NS(=O)(=O)c2ccccc21. The third-order valence-corrected chi connectivity index (χ3v) is 3.89. The molecule has 0 saturated carbocycles. The third-order valence-electron chi connectivity index (χ3n) is 2.39. The van der Waals surface area contributed by atoms with E-state index in [4.69, 9.17) is 11.6 Å². The number of hydrogen-bond acceptors (Lipinski definition) is 3. The zero-order valence-electron chi connectivity index (χ0n) is 8.72. The Bertz CT molecular complexity index is 540. The van der Waals surface area contributed by atoms with Gasteiger partial charge in [0.15, 0.2) is 5.84 Å². The Balaban J connectivity index is 2.51.